The highest BCUT2D eigenvalue weighted by Crippen LogP contribution is 2.31. The van der Waals surface area contributed by atoms with Gasteiger partial charge in [0.05, 0.1) is 7.11 Å². The average molecular weight is 260 g/mol. The number of fused-ring (bicyclic) bond motifs is 2. The van der Waals surface area contributed by atoms with Crippen LogP contribution in [0.1, 0.15) is 42.5 Å². The monoisotopic (exact) mass is 260 g/mol. The van der Waals surface area contributed by atoms with Crippen LogP contribution in [0.2, 0.25) is 0 Å². The summed E-state index contributed by atoms with van der Waals surface area (Å²) >= 11 is 0. The van der Waals surface area contributed by atoms with Crippen LogP contribution < -0.4 is 10.1 Å². The van der Waals surface area contributed by atoms with Gasteiger partial charge in [0.1, 0.15) is 0 Å². The van der Waals surface area contributed by atoms with E-state index >= 15 is 0 Å². The number of nitrogens with one attached hydrogen (secondary N) is 1. The molecule has 0 aliphatic carbocycles. The lowest BCUT2D eigenvalue weighted by Gasteiger charge is -2.39. The first kappa shape index (κ1) is 12.6. The zero-order valence-electron chi connectivity index (χ0n) is 11.3. The summed E-state index contributed by atoms with van der Waals surface area (Å²) in [5.74, 6) is 0.919. The van der Waals surface area contributed by atoms with Crippen molar-refractivity contribution in [1.82, 2.24) is 10.3 Å². The normalized spacial score (nSPS) is 29.8. The molecule has 2 saturated heterocycles. The van der Waals surface area contributed by atoms with Crippen molar-refractivity contribution in [3.63, 3.8) is 0 Å². The number of rotatable bonds is 3. The van der Waals surface area contributed by atoms with Crippen LogP contribution in [0.3, 0.4) is 0 Å². The van der Waals surface area contributed by atoms with Crippen molar-refractivity contribution in [2.24, 2.45) is 5.92 Å². The lowest BCUT2D eigenvalue weighted by molar-refractivity contribution is 0.0824. The third-order valence-corrected chi connectivity index (χ3v) is 4.31. The number of Topliss-reactive ketones (excluding diaryl/α,β-unsaturated/α-hetero) is 1. The summed E-state index contributed by atoms with van der Waals surface area (Å²) < 4.78 is 5.09. The summed E-state index contributed by atoms with van der Waals surface area (Å²) in [5, 5.41) is 3.62. The molecule has 19 heavy (non-hydrogen) atoms. The fourth-order valence-electron chi connectivity index (χ4n) is 3.39. The van der Waals surface area contributed by atoms with E-state index < -0.39 is 0 Å². The molecule has 0 aromatic carbocycles. The van der Waals surface area contributed by atoms with Gasteiger partial charge in [-0.2, -0.15) is 0 Å². The Morgan fingerprint density at radius 2 is 2.11 bits per heavy atom. The third-order valence-electron chi connectivity index (χ3n) is 4.31. The van der Waals surface area contributed by atoms with E-state index in [-0.39, 0.29) is 11.7 Å². The molecule has 1 N–H and O–H groups in total. The molecule has 2 aliphatic rings. The molecule has 0 spiro atoms. The van der Waals surface area contributed by atoms with E-state index in [9.17, 15) is 4.79 Å². The molecule has 3 rings (SSSR count). The molecule has 4 heteroatoms. The molecule has 4 nitrogen and oxygen atoms in total. The number of hydrogen-bond acceptors (Lipinski definition) is 4. The Hall–Kier alpha value is -1.42. The Balaban J connectivity index is 1.76. The van der Waals surface area contributed by atoms with Crippen LogP contribution in [0, 0.1) is 5.92 Å². The molecule has 2 atom stereocenters. The van der Waals surface area contributed by atoms with Crippen LogP contribution in [-0.2, 0) is 0 Å². The van der Waals surface area contributed by atoms with Crippen molar-refractivity contribution >= 4 is 5.78 Å². The maximum Gasteiger partial charge on any atom is 0.213 e. The van der Waals surface area contributed by atoms with Gasteiger partial charge < -0.3 is 10.1 Å². The van der Waals surface area contributed by atoms with E-state index in [2.05, 4.69) is 10.3 Å². The van der Waals surface area contributed by atoms with Gasteiger partial charge in [-0.1, -0.05) is 6.42 Å². The van der Waals surface area contributed by atoms with E-state index in [0.717, 1.165) is 18.4 Å². The van der Waals surface area contributed by atoms with Crippen LogP contribution in [0.4, 0.5) is 0 Å². The minimum atomic E-state index is 0.156. The molecule has 0 saturated carbocycles. The lowest BCUT2D eigenvalue weighted by Crippen LogP contribution is -2.50. The summed E-state index contributed by atoms with van der Waals surface area (Å²) in [5.41, 5.74) is 0.733. The van der Waals surface area contributed by atoms with Crippen LogP contribution in [-0.4, -0.2) is 30.0 Å². The van der Waals surface area contributed by atoms with E-state index in [1.807, 2.05) is 0 Å². The Kier molecular flexibility index (Phi) is 3.51. The van der Waals surface area contributed by atoms with Crippen molar-refractivity contribution < 1.29 is 9.53 Å². The van der Waals surface area contributed by atoms with Gasteiger partial charge in [-0.25, -0.2) is 4.98 Å². The van der Waals surface area contributed by atoms with Gasteiger partial charge in [0.25, 0.3) is 0 Å². The van der Waals surface area contributed by atoms with Crippen molar-refractivity contribution in [3.05, 3.63) is 23.9 Å². The van der Waals surface area contributed by atoms with E-state index in [4.69, 9.17) is 4.74 Å². The first-order valence-electron chi connectivity index (χ1n) is 7.06. The highest BCUT2D eigenvalue weighted by molar-refractivity contribution is 5.98. The number of hydrogen-bond donors (Lipinski definition) is 1. The van der Waals surface area contributed by atoms with Crippen LogP contribution in [0.25, 0.3) is 0 Å². The molecule has 102 valence electrons. The first-order valence-corrected chi connectivity index (χ1v) is 7.06. The fourth-order valence-corrected chi connectivity index (χ4v) is 3.39. The van der Waals surface area contributed by atoms with Crippen molar-refractivity contribution in [3.8, 4) is 5.88 Å². The van der Waals surface area contributed by atoms with Gasteiger partial charge in [-0.15, -0.1) is 0 Å². The SMILES string of the molecule is COc1cc(C(=O)C2CC3CCCC(C2)N3)ccn1. The van der Waals surface area contributed by atoms with Crippen molar-refractivity contribution in [1.29, 1.82) is 0 Å². The summed E-state index contributed by atoms with van der Waals surface area (Å²) in [4.78, 5) is 16.6. The number of pyridine rings is 1. The molecular formula is C15H20N2O2. The number of ketones is 1. The topological polar surface area (TPSA) is 51.2 Å². The fraction of sp³-hybridized carbons (Fsp3) is 0.600. The average Bonchev–Trinajstić information content (AvgIpc) is 2.46. The molecule has 3 heterocycles. The number of ether oxygens (including phenoxy) is 1. The zero-order valence-corrected chi connectivity index (χ0v) is 11.3. The Labute approximate surface area is 113 Å². The van der Waals surface area contributed by atoms with Crippen LogP contribution in [0.5, 0.6) is 5.88 Å². The number of aromatic nitrogens is 1. The summed E-state index contributed by atoms with van der Waals surface area (Å²) in [6.07, 6.45) is 7.31. The Morgan fingerprint density at radius 3 is 2.79 bits per heavy atom. The molecular weight excluding hydrogens is 240 g/mol. The largest absolute Gasteiger partial charge is 0.481 e. The van der Waals surface area contributed by atoms with Gasteiger partial charge in [0.2, 0.25) is 5.88 Å². The van der Waals surface area contributed by atoms with Crippen molar-refractivity contribution in [2.75, 3.05) is 7.11 Å². The minimum absolute atomic E-state index is 0.156. The molecule has 0 radical (unpaired) electrons. The first-order chi connectivity index (χ1) is 9.26. The molecule has 2 bridgehead atoms. The number of carbonyl (C=O) groups excluding carboxylic acids is 1. The van der Waals surface area contributed by atoms with Gasteiger partial charge in [0, 0.05) is 35.8 Å². The molecule has 2 aliphatic heterocycles. The van der Waals surface area contributed by atoms with Crippen molar-refractivity contribution in [2.45, 2.75) is 44.2 Å². The zero-order chi connectivity index (χ0) is 13.2. The molecule has 1 aromatic heterocycles. The quantitative estimate of drug-likeness (QED) is 0.846. The maximum atomic E-state index is 12.6. The number of methoxy groups -OCH3 is 1. The van der Waals surface area contributed by atoms with Crippen LogP contribution >= 0.6 is 0 Å². The van der Waals surface area contributed by atoms with E-state index in [1.165, 1.54) is 19.3 Å². The van der Waals surface area contributed by atoms with Gasteiger partial charge in [-0.05, 0) is 31.7 Å². The minimum Gasteiger partial charge on any atom is -0.481 e. The predicted molar refractivity (Wildman–Crippen MR) is 72.4 cm³/mol. The number of piperidine rings is 2. The predicted octanol–water partition coefficient (Wildman–Crippen LogP) is 2.19. The number of carbonyl (C=O) groups is 1. The second-order valence-electron chi connectivity index (χ2n) is 5.61. The van der Waals surface area contributed by atoms with Gasteiger partial charge >= 0.3 is 0 Å². The smallest absolute Gasteiger partial charge is 0.213 e. The molecule has 2 fully saturated rings. The highest BCUT2D eigenvalue weighted by Gasteiger charge is 2.34. The third kappa shape index (κ3) is 2.63. The van der Waals surface area contributed by atoms with E-state index in [0.29, 0.717) is 18.0 Å². The summed E-state index contributed by atoms with van der Waals surface area (Å²) in [6, 6.07) is 4.61. The Morgan fingerprint density at radius 1 is 1.37 bits per heavy atom. The second kappa shape index (κ2) is 5.29. The number of nitrogens with zero attached hydrogens (tertiary/aromatic N) is 1. The van der Waals surface area contributed by atoms with Crippen LogP contribution in [0.15, 0.2) is 18.3 Å². The van der Waals surface area contributed by atoms with E-state index in [1.54, 1.807) is 25.4 Å². The Bertz CT molecular complexity index is 463. The summed E-state index contributed by atoms with van der Waals surface area (Å²) in [6.45, 7) is 0. The lowest BCUT2D eigenvalue weighted by atomic mass is 9.77. The molecule has 1 aromatic rings. The van der Waals surface area contributed by atoms with Gasteiger partial charge in [0.15, 0.2) is 5.78 Å². The molecule has 2 unspecified atom stereocenters. The second-order valence-corrected chi connectivity index (χ2v) is 5.61. The molecule has 0 amide bonds. The van der Waals surface area contributed by atoms with Gasteiger partial charge in [-0.3, -0.25) is 4.79 Å². The maximum absolute atomic E-state index is 12.6. The standard InChI is InChI=1S/C15H20N2O2/c1-19-14-9-10(5-6-16-14)15(18)11-7-12-3-2-4-13(8-11)17-12/h5-6,9,11-13,17H,2-4,7-8H2,1H3. The summed E-state index contributed by atoms with van der Waals surface area (Å²) in [7, 11) is 1.57. The highest BCUT2D eigenvalue weighted by atomic mass is 16.5.